The number of piperazine rings is 1. The van der Waals surface area contributed by atoms with Crippen molar-refractivity contribution in [3.8, 4) is 11.5 Å². The van der Waals surface area contributed by atoms with Gasteiger partial charge in [0.2, 0.25) is 0 Å². The molecular weight excluding hydrogens is 540 g/mol. The molecule has 0 unspecified atom stereocenters. The molecule has 3 heterocycles. The summed E-state index contributed by atoms with van der Waals surface area (Å²) >= 11 is 0. The van der Waals surface area contributed by atoms with Gasteiger partial charge in [-0.25, -0.2) is 14.6 Å². The van der Waals surface area contributed by atoms with Crippen LogP contribution in [0.4, 0.5) is 10.5 Å². The van der Waals surface area contributed by atoms with Crippen LogP contribution in [0.3, 0.4) is 0 Å². The van der Waals surface area contributed by atoms with Crippen molar-refractivity contribution in [2.45, 2.75) is 58.8 Å². The van der Waals surface area contributed by atoms with E-state index in [9.17, 15) is 9.59 Å². The summed E-state index contributed by atoms with van der Waals surface area (Å²) in [6, 6.07) is 10.4. The highest BCUT2D eigenvalue weighted by atomic mass is 28.3. The van der Waals surface area contributed by atoms with E-state index in [1.54, 1.807) is 17.2 Å². The van der Waals surface area contributed by atoms with Gasteiger partial charge >= 0.3 is 12.1 Å². The van der Waals surface area contributed by atoms with Gasteiger partial charge in [-0.15, -0.1) is 0 Å². The number of methoxy groups -OCH3 is 1. The highest BCUT2D eigenvalue weighted by molar-refractivity contribution is 6.76. The molecule has 0 radical (unpaired) electrons. The van der Waals surface area contributed by atoms with Gasteiger partial charge in [0, 0.05) is 64.2 Å². The van der Waals surface area contributed by atoms with Crippen LogP contribution in [0.1, 0.15) is 31.1 Å². The molecule has 1 aliphatic rings. The first-order valence-electron chi connectivity index (χ1n) is 14.0. The number of pyridine rings is 1. The fourth-order valence-corrected chi connectivity index (χ4v) is 5.19. The summed E-state index contributed by atoms with van der Waals surface area (Å²) in [5.74, 6) is 0.392. The van der Waals surface area contributed by atoms with E-state index >= 15 is 0 Å². The first-order valence-corrected chi connectivity index (χ1v) is 17.7. The highest BCUT2D eigenvalue weighted by Gasteiger charge is 2.27. The van der Waals surface area contributed by atoms with E-state index < -0.39 is 19.6 Å². The lowest BCUT2D eigenvalue weighted by Gasteiger charge is -2.36. The van der Waals surface area contributed by atoms with E-state index in [-0.39, 0.29) is 6.09 Å². The Hall–Kier alpha value is -3.57. The molecule has 222 valence electrons. The van der Waals surface area contributed by atoms with Crippen LogP contribution in [-0.4, -0.2) is 80.1 Å². The minimum atomic E-state index is -1.15. The van der Waals surface area contributed by atoms with Crippen molar-refractivity contribution >= 4 is 36.9 Å². The maximum atomic E-state index is 12.5. The van der Waals surface area contributed by atoms with Crippen molar-refractivity contribution < 1.29 is 28.5 Å². The number of rotatable bonds is 9. The summed E-state index contributed by atoms with van der Waals surface area (Å²) < 4.78 is 24.6. The number of ether oxygens (including phenoxy) is 4. The van der Waals surface area contributed by atoms with Crippen molar-refractivity contribution in [1.82, 2.24) is 14.5 Å². The molecule has 2 aromatic heterocycles. The molecule has 3 aromatic rings. The zero-order valence-electron chi connectivity index (χ0n) is 25.2. The Morgan fingerprint density at radius 1 is 1.02 bits per heavy atom. The van der Waals surface area contributed by atoms with Gasteiger partial charge in [-0.05, 0) is 51.1 Å². The van der Waals surface area contributed by atoms with Crippen LogP contribution in [0.5, 0.6) is 11.5 Å². The summed E-state index contributed by atoms with van der Waals surface area (Å²) in [5.41, 5.74) is 1.46. The van der Waals surface area contributed by atoms with Crippen LogP contribution >= 0.6 is 0 Å². The topological polar surface area (TPSA) is 95.4 Å². The lowest BCUT2D eigenvalue weighted by molar-refractivity contribution is 0.0240. The van der Waals surface area contributed by atoms with Crippen LogP contribution in [0, 0.1) is 0 Å². The Morgan fingerprint density at radius 2 is 1.76 bits per heavy atom. The summed E-state index contributed by atoms with van der Waals surface area (Å²) in [6.45, 7) is 16.1. The predicted octanol–water partition coefficient (Wildman–Crippen LogP) is 5.98. The SMILES string of the molecule is COC(=O)c1ccc(N2CCN(C(=O)OC(C)(C)C)CC2)cc1Oc1cnc2c(ccn2COCC[Si](C)(C)C)c1. The molecule has 1 amide bonds. The highest BCUT2D eigenvalue weighted by Crippen LogP contribution is 2.32. The fraction of sp³-hybridized carbons (Fsp3) is 0.500. The molecule has 0 saturated carbocycles. The number of hydrogen-bond acceptors (Lipinski definition) is 8. The van der Waals surface area contributed by atoms with Gasteiger partial charge in [0.1, 0.15) is 35.0 Å². The minimum absolute atomic E-state index is 0.308. The lowest BCUT2D eigenvalue weighted by atomic mass is 10.1. The number of aromatic nitrogens is 2. The average Bonchev–Trinajstić information content (AvgIpc) is 3.31. The van der Waals surface area contributed by atoms with E-state index in [0.717, 1.165) is 29.4 Å². The monoisotopic (exact) mass is 582 g/mol. The van der Waals surface area contributed by atoms with E-state index in [1.165, 1.54) is 7.11 Å². The summed E-state index contributed by atoms with van der Waals surface area (Å²) in [5, 5.41) is 0.908. The maximum Gasteiger partial charge on any atom is 0.410 e. The largest absolute Gasteiger partial charge is 0.465 e. The molecule has 0 bridgehead atoms. The van der Waals surface area contributed by atoms with E-state index in [2.05, 4.69) is 29.5 Å². The molecule has 1 aliphatic heterocycles. The zero-order chi connectivity index (χ0) is 29.8. The van der Waals surface area contributed by atoms with Crippen LogP contribution in [0.15, 0.2) is 42.7 Å². The Morgan fingerprint density at radius 3 is 2.41 bits per heavy atom. The fourth-order valence-electron chi connectivity index (χ4n) is 4.43. The van der Waals surface area contributed by atoms with Gasteiger partial charge in [0.05, 0.1) is 13.3 Å². The van der Waals surface area contributed by atoms with Gasteiger partial charge in [-0.1, -0.05) is 19.6 Å². The van der Waals surface area contributed by atoms with Crippen molar-refractivity contribution in [2.75, 3.05) is 44.8 Å². The number of nitrogens with zero attached hydrogens (tertiary/aromatic N) is 4. The average molecular weight is 583 g/mol. The third kappa shape index (κ3) is 8.23. The van der Waals surface area contributed by atoms with Crippen molar-refractivity contribution in [3.63, 3.8) is 0 Å². The summed E-state index contributed by atoms with van der Waals surface area (Å²) in [4.78, 5) is 33.5. The number of carbonyl (C=O) groups is 2. The third-order valence-corrected chi connectivity index (χ3v) is 8.40. The number of amides is 1. The molecule has 1 aromatic carbocycles. The molecule has 0 spiro atoms. The summed E-state index contributed by atoms with van der Waals surface area (Å²) in [7, 11) is 0.198. The summed E-state index contributed by atoms with van der Waals surface area (Å²) in [6.07, 6.45) is 3.29. The molecular formula is C30H42N4O6Si. The Bertz CT molecular complexity index is 1370. The first-order chi connectivity index (χ1) is 19.3. The Kier molecular flexibility index (Phi) is 9.28. The molecule has 41 heavy (non-hydrogen) atoms. The number of esters is 1. The van der Waals surface area contributed by atoms with Crippen molar-refractivity contribution in [3.05, 3.63) is 48.3 Å². The molecule has 0 aliphatic carbocycles. The van der Waals surface area contributed by atoms with Crippen LogP contribution < -0.4 is 9.64 Å². The smallest absolute Gasteiger partial charge is 0.410 e. The second kappa shape index (κ2) is 12.5. The quantitative estimate of drug-likeness (QED) is 0.173. The van der Waals surface area contributed by atoms with Gasteiger partial charge in [0.25, 0.3) is 0 Å². The number of carbonyl (C=O) groups excluding carboxylic acids is 2. The third-order valence-electron chi connectivity index (χ3n) is 6.70. The molecule has 1 fully saturated rings. The molecule has 0 atom stereocenters. The molecule has 11 heteroatoms. The predicted molar refractivity (Wildman–Crippen MR) is 162 cm³/mol. The van der Waals surface area contributed by atoms with Crippen LogP contribution in [0.2, 0.25) is 25.7 Å². The standard InChI is InChI=1S/C30H42N4O6Si/c1-30(2,3)40-29(36)33-14-12-32(13-15-33)23-8-9-25(28(35)37-4)26(19-23)39-24-18-22-10-11-34(27(22)31-20-24)21-38-16-17-41(5,6)7/h8-11,18-20H,12-17,21H2,1-7H3. The van der Waals surface area contributed by atoms with Crippen molar-refractivity contribution in [2.24, 2.45) is 0 Å². The minimum Gasteiger partial charge on any atom is -0.465 e. The number of anilines is 1. The maximum absolute atomic E-state index is 12.5. The number of hydrogen-bond donors (Lipinski definition) is 0. The van der Waals surface area contributed by atoms with Gasteiger partial charge in [-0.2, -0.15) is 0 Å². The van der Waals surface area contributed by atoms with E-state index in [1.807, 2.05) is 55.8 Å². The van der Waals surface area contributed by atoms with Gasteiger partial charge in [-0.3, -0.25) is 0 Å². The van der Waals surface area contributed by atoms with Crippen LogP contribution in [0.25, 0.3) is 11.0 Å². The molecule has 4 rings (SSSR count). The second-order valence-electron chi connectivity index (χ2n) is 12.4. The van der Waals surface area contributed by atoms with E-state index in [0.29, 0.717) is 50.0 Å². The molecule has 1 saturated heterocycles. The normalized spacial score (nSPS) is 14.3. The zero-order valence-corrected chi connectivity index (χ0v) is 26.2. The molecule has 10 nitrogen and oxygen atoms in total. The van der Waals surface area contributed by atoms with Gasteiger partial charge in [0.15, 0.2) is 0 Å². The number of fused-ring (bicyclic) bond motifs is 1. The van der Waals surface area contributed by atoms with Crippen molar-refractivity contribution in [1.29, 1.82) is 0 Å². The second-order valence-corrected chi connectivity index (χ2v) is 18.1. The van der Waals surface area contributed by atoms with Gasteiger partial charge < -0.3 is 33.3 Å². The van der Waals surface area contributed by atoms with Crippen LogP contribution in [-0.2, 0) is 20.9 Å². The molecule has 0 N–H and O–H groups in total. The number of benzene rings is 1. The lowest BCUT2D eigenvalue weighted by Crippen LogP contribution is -2.50. The van der Waals surface area contributed by atoms with E-state index in [4.69, 9.17) is 18.9 Å². The first kappa shape index (κ1) is 30.4. The Balaban J connectivity index is 1.47. The Labute approximate surface area is 243 Å².